The Morgan fingerprint density at radius 1 is 1.00 bits per heavy atom. The van der Waals surface area contributed by atoms with Crippen molar-refractivity contribution in [3.63, 3.8) is 0 Å². The molecule has 2 aromatic rings. The molecule has 0 radical (unpaired) electrons. The van der Waals surface area contributed by atoms with E-state index >= 15 is 0 Å². The zero-order valence-electron chi connectivity index (χ0n) is 15.6. The van der Waals surface area contributed by atoms with Crippen molar-refractivity contribution in [2.75, 3.05) is 26.2 Å². The van der Waals surface area contributed by atoms with Crippen LogP contribution in [0.4, 0.5) is 0 Å². The molecule has 1 aromatic carbocycles. The Morgan fingerprint density at radius 2 is 1.64 bits per heavy atom. The third kappa shape index (κ3) is 3.15. The van der Waals surface area contributed by atoms with E-state index in [0.717, 1.165) is 32.4 Å². The summed E-state index contributed by atoms with van der Waals surface area (Å²) in [5, 5.41) is 0. The molecule has 152 valence electrons. The Hall–Kier alpha value is -2.17. The first-order valence-corrected chi connectivity index (χ1v) is 11.0. The molecule has 0 bridgehead atoms. The van der Waals surface area contributed by atoms with Gasteiger partial charge in [-0.2, -0.15) is 4.31 Å². The zero-order chi connectivity index (χ0) is 19.9. The summed E-state index contributed by atoms with van der Waals surface area (Å²) >= 11 is 0. The number of piperidine rings is 2. The lowest BCUT2D eigenvalue weighted by Crippen LogP contribution is -2.63. The second kappa shape index (κ2) is 7.02. The molecule has 2 saturated heterocycles. The summed E-state index contributed by atoms with van der Waals surface area (Å²) < 4.78 is 27.6. The average Bonchev–Trinajstić information content (AvgIpc) is 3.07. The number of carbonyl (C=O) groups excluding carboxylic acids is 1. The molecule has 2 fully saturated rings. The van der Waals surface area contributed by atoms with E-state index in [9.17, 15) is 18.0 Å². The van der Waals surface area contributed by atoms with Gasteiger partial charge in [0.25, 0.3) is 0 Å². The number of nitrogens with two attached hydrogens (primary N) is 1. The number of sulfonamides is 1. The number of rotatable bonds is 4. The van der Waals surface area contributed by atoms with Crippen molar-refractivity contribution in [2.24, 2.45) is 5.73 Å². The molecular formula is C18H25N5O4S. The number of aromatic nitrogens is 2. The predicted molar refractivity (Wildman–Crippen MR) is 104 cm³/mol. The van der Waals surface area contributed by atoms with Gasteiger partial charge in [-0.1, -0.05) is 6.42 Å². The first-order chi connectivity index (χ1) is 13.3. The van der Waals surface area contributed by atoms with Gasteiger partial charge < -0.3 is 15.7 Å². The third-order valence-corrected chi connectivity index (χ3v) is 7.99. The molecule has 0 saturated carbocycles. The second-order valence-corrected chi connectivity index (χ2v) is 9.57. The molecule has 28 heavy (non-hydrogen) atoms. The highest BCUT2D eigenvalue weighted by Gasteiger charge is 2.47. The van der Waals surface area contributed by atoms with E-state index in [1.54, 1.807) is 6.07 Å². The number of H-pyrrole nitrogens is 2. The summed E-state index contributed by atoms with van der Waals surface area (Å²) in [6.45, 7) is 2.13. The summed E-state index contributed by atoms with van der Waals surface area (Å²) in [5.41, 5.74) is 5.64. The first kappa shape index (κ1) is 19.2. The zero-order valence-corrected chi connectivity index (χ0v) is 16.4. The van der Waals surface area contributed by atoms with Crippen LogP contribution in [0.3, 0.4) is 0 Å². The number of likely N-dealkylation sites (tertiary alicyclic amines) is 1. The molecule has 2 aliphatic heterocycles. The molecule has 0 unspecified atom stereocenters. The molecular weight excluding hydrogens is 382 g/mol. The second-order valence-electron chi connectivity index (χ2n) is 7.63. The summed E-state index contributed by atoms with van der Waals surface area (Å²) in [7, 11) is -3.72. The van der Waals surface area contributed by atoms with E-state index in [1.165, 1.54) is 16.4 Å². The van der Waals surface area contributed by atoms with Gasteiger partial charge in [0, 0.05) is 13.1 Å². The number of hydrogen-bond acceptors (Lipinski definition) is 5. The van der Waals surface area contributed by atoms with Crippen LogP contribution in [0.2, 0.25) is 0 Å². The molecule has 4 rings (SSSR count). The van der Waals surface area contributed by atoms with Crippen molar-refractivity contribution < 1.29 is 13.2 Å². The van der Waals surface area contributed by atoms with Crippen LogP contribution in [0.15, 0.2) is 27.9 Å². The maximum atomic E-state index is 13.1. The lowest BCUT2D eigenvalue weighted by atomic mass is 9.84. The monoisotopic (exact) mass is 407 g/mol. The normalized spacial score (nSPS) is 21.7. The number of hydrogen-bond donors (Lipinski definition) is 3. The molecule has 1 aromatic heterocycles. The average molecular weight is 407 g/mol. The SMILES string of the molecule is NC(=O)C1(N2CCCCC2)CCN(S(=O)(=O)c2ccc3[nH]c(=O)[nH]c3c2)CC1. The largest absolute Gasteiger partial charge is 0.368 e. The van der Waals surface area contributed by atoms with Crippen LogP contribution in [-0.4, -0.2) is 65.2 Å². The highest BCUT2D eigenvalue weighted by molar-refractivity contribution is 7.89. The molecule has 0 atom stereocenters. The van der Waals surface area contributed by atoms with Gasteiger partial charge in [-0.3, -0.25) is 9.69 Å². The molecule has 1 amide bonds. The molecule has 3 heterocycles. The predicted octanol–water partition coefficient (Wildman–Crippen LogP) is 0.351. The van der Waals surface area contributed by atoms with E-state index in [0.29, 0.717) is 23.9 Å². The molecule has 9 nitrogen and oxygen atoms in total. The smallest absolute Gasteiger partial charge is 0.323 e. The van der Waals surface area contributed by atoms with Crippen molar-refractivity contribution in [2.45, 2.75) is 42.5 Å². The number of carbonyl (C=O) groups is 1. The van der Waals surface area contributed by atoms with Crippen LogP contribution in [0.25, 0.3) is 11.0 Å². The number of imidazole rings is 1. The van der Waals surface area contributed by atoms with E-state index in [-0.39, 0.29) is 29.6 Å². The van der Waals surface area contributed by atoms with Crippen LogP contribution in [-0.2, 0) is 14.8 Å². The quantitative estimate of drug-likeness (QED) is 0.673. The molecule has 4 N–H and O–H groups in total. The Bertz CT molecular complexity index is 1040. The summed E-state index contributed by atoms with van der Waals surface area (Å²) in [6, 6.07) is 4.52. The van der Waals surface area contributed by atoms with E-state index < -0.39 is 15.6 Å². The number of fused-ring (bicyclic) bond motifs is 1. The number of aromatic amines is 2. The van der Waals surface area contributed by atoms with Crippen molar-refractivity contribution in [3.05, 3.63) is 28.7 Å². The number of amides is 1. The highest BCUT2D eigenvalue weighted by atomic mass is 32.2. The van der Waals surface area contributed by atoms with Crippen LogP contribution in [0.1, 0.15) is 32.1 Å². The topological polar surface area (TPSA) is 132 Å². The standard InChI is InChI=1S/C18H25N5O4S/c19-16(24)18(22-8-2-1-3-9-22)6-10-23(11-7-18)28(26,27)13-4-5-14-15(12-13)21-17(25)20-14/h4-5,12H,1-3,6-11H2,(H2,19,24)(H2,20,21,25). The highest BCUT2D eigenvalue weighted by Crippen LogP contribution is 2.33. The molecule has 0 aliphatic carbocycles. The summed E-state index contributed by atoms with van der Waals surface area (Å²) in [4.78, 5) is 31.2. The number of benzene rings is 1. The Morgan fingerprint density at radius 3 is 2.29 bits per heavy atom. The van der Waals surface area contributed by atoms with Crippen LogP contribution in [0.5, 0.6) is 0 Å². The van der Waals surface area contributed by atoms with Gasteiger partial charge in [0.1, 0.15) is 5.54 Å². The van der Waals surface area contributed by atoms with Gasteiger partial charge in [0.15, 0.2) is 0 Å². The fourth-order valence-electron chi connectivity index (χ4n) is 4.46. The molecule has 0 spiro atoms. The summed E-state index contributed by atoms with van der Waals surface area (Å²) in [5.74, 6) is -0.363. The van der Waals surface area contributed by atoms with Gasteiger partial charge in [-0.15, -0.1) is 0 Å². The van der Waals surface area contributed by atoms with Gasteiger partial charge >= 0.3 is 5.69 Å². The number of primary amides is 1. The Kier molecular flexibility index (Phi) is 4.80. The van der Waals surface area contributed by atoms with E-state index in [1.807, 2.05) is 0 Å². The Balaban J connectivity index is 1.57. The third-order valence-electron chi connectivity index (χ3n) is 6.09. The number of nitrogens with one attached hydrogen (secondary N) is 2. The maximum absolute atomic E-state index is 13.1. The van der Waals surface area contributed by atoms with Crippen molar-refractivity contribution >= 4 is 27.0 Å². The summed E-state index contributed by atoms with van der Waals surface area (Å²) in [6.07, 6.45) is 4.00. The number of nitrogens with zero attached hydrogens (tertiary/aromatic N) is 2. The minimum Gasteiger partial charge on any atom is -0.368 e. The van der Waals surface area contributed by atoms with E-state index in [2.05, 4.69) is 14.9 Å². The lowest BCUT2D eigenvalue weighted by Gasteiger charge is -2.47. The molecule has 2 aliphatic rings. The van der Waals surface area contributed by atoms with Crippen LogP contribution < -0.4 is 11.4 Å². The van der Waals surface area contributed by atoms with Gasteiger partial charge in [-0.25, -0.2) is 13.2 Å². The van der Waals surface area contributed by atoms with Crippen molar-refractivity contribution in [1.82, 2.24) is 19.2 Å². The van der Waals surface area contributed by atoms with Crippen molar-refractivity contribution in [3.8, 4) is 0 Å². The first-order valence-electron chi connectivity index (χ1n) is 9.60. The minimum atomic E-state index is -3.72. The minimum absolute atomic E-state index is 0.125. The fraction of sp³-hybridized carbons (Fsp3) is 0.556. The van der Waals surface area contributed by atoms with Crippen LogP contribution in [0, 0.1) is 0 Å². The van der Waals surface area contributed by atoms with Crippen molar-refractivity contribution in [1.29, 1.82) is 0 Å². The van der Waals surface area contributed by atoms with Gasteiger partial charge in [0.05, 0.1) is 15.9 Å². The van der Waals surface area contributed by atoms with Crippen LogP contribution >= 0.6 is 0 Å². The lowest BCUT2D eigenvalue weighted by molar-refractivity contribution is -0.134. The van der Waals surface area contributed by atoms with Gasteiger partial charge in [0.2, 0.25) is 15.9 Å². The van der Waals surface area contributed by atoms with Gasteiger partial charge in [-0.05, 0) is 57.0 Å². The maximum Gasteiger partial charge on any atom is 0.323 e. The fourth-order valence-corrected chi connectivity index (χ4v) is 5.93. The molecule has 10 heteroatoms. The Labute approximate surface area is 162 Å². The van der Waals surface area contributed by atoms with E-state index in [4.69, 9.17) is 5.73 Å².